The van der Waals surface area contributed by atoms with Crippen molar-refractivity contribution >= 4 is 39.9 Å². The summed E-state index contributed by atoms with van der Waals surface area (Å²) in [6, 6.07) is 7.73. The Morgan fingerprint density at radius 1 is 1.29 bits per heavy atom. The Morgan fingerprint density at radius 2 is 1.88 bits per heavy atom. The molecule has 0 unspecified atom stereocenters. The minimum Gasteiger partial charge on any atom is -0.378 e. The summed E-state index contributed by atoms with van der Waals surface area (Å²) in [5.74, 6) is 0. The van der Waals surface area contributed by atoms with Crippen molar-refractivity contribution in [1.82, 2.24) is 4.90 Å². The smallest absolute Gasteiger partial charge is 0.0385 e. The number of allylic oxidation sites excluding steroid dienone is 3. The molecule has 1 aliphatic heterocycles. The predicted octanol–water partition coefficient (Wildman–Crippen LogP) is 4.26. The van der Waals surface area contributed by atoms with Crippen molar-refractivity contribution in [1.29, 1.82) is 0 Å². The van der Waals surface area contributed by atoms with Crippen molar-refractivity contribution < 1.29 is 32.7 Å². The Balaban J connectivity index is 0.00000144. The number of nitrogens with zero attached hydrogens (tertiary/aromatic N) is 1. The summed E-state index contributed by atoms with van der Waals surface area (Å²) in [5.41, 5.74) is 3.10. The van der Waals surface area contributed by atoms with Crippen molar-refractivity contribution in [3.8, 4) is 0 Å². The van der Waals surface area contributed by atoms with E-state index in [1.165, 1.54) is 0 Å². The van der Waals surface area contributed by atoms with E-state index in [0.717, 1.165) is 25.6 Å². The molecule has 0 N–H and O–H groups in total. The van der Waals surface area contributed by atoms with Crippen LogP contribution in [0.5, 0.6) is 0 Å². The molecule has 85 valence electrons. The van der Waals surface area contributed by atoms with Crippen LogP contribution < -0.4 is 0 Å². The van der Waals surface area contributed by atoms with Crippen LogP contribution in [0.2, 0.25) is 5.02 Å². The van der Waals surface area contributed by atoms with Crippen LogP contribution in [0.25, 0.3) is 5.70 Å². The molecule has 1 heterocycles. The van der Waals surface area contributed by atoms with Crippen LogP contribution in [0.15, 0.2) is 46.2 Å². The van der Waals surface area contributed by atoms with Crippen molar-refractivity contribution in [2.24, 2.45) is 0 Å². The Hall–Kier alpha value is 0.364. The quantitative estimate of drug-likeness (QED) is 0.475. The summed E-state index contributed by atoms with van der Waals surface area (Å²) < 4.78 is 1.11. The third-order valence-electron chi connectivity index (χ3n) is 2.47. The van der Waals surface area contributed by atoms with Gasteiger partial charge in [-0.2, -0.15) is 12.2 Å². The van der Waals surface area contributed by atoms with Crippen LogP contribution in [0, 0.1) is 6.08 Å². The molecule has 0 aromatic heterocycles. The standard InChI is InChI=1S/C13H10ClIN.Y/c1-9-12(15)7-8-13(16(9)2)10-3-5-11(14)6-4-10;/h3-7H,1H2,2H3;/q-1;. The van der Waals surface area contributed by atoms with Gasteiger partial charge in [0, 0.05) is 44.8 Å². The Labute approximate surface area is 146 Å². The Morgan fingerprint density at radius 3 is 2.47 bits per heavy atom. The average Bonchev–Trinajstić information content (AvgIpc) is 2.28. The maximum atomic E-state index is 5.86. The minimum atomic E-state index is 0. The summed E-state index contributed by atoms with van der Waals surface area (Å²) in [6.07, 6.45) is 5.21. The largest absolute Gasteiger partial charge is 0.378 e. The van der Waals surface area contributed by atoms with Crippen molar-refractivity contribution in [2.75, 3.05) is 7.05 Å². The molecule has 1 nitrogen and oxygen atoms in total. The second kappa shape index (κ2) is 6.51. The summed E-state index contributed by atoms with van der Waals surface area (Å²) in [6.45, 7) is 4.03. The van der Waals surface area contributed by atoms with Gasteiger partial charge in [0.15, 0.2) is 0 Å². The monoisotopic (exact) mass is 431 g/mol. The summed E-state index contributed by atoms with van der Waals surface area (Å²) in [4.78, 5) is 2.03. The van der Waals surface area contributed by atoms with Gasteiger partial charge < -0.3 is 4.90 Å². The van der Waals surface area contributed by atoms with E-state index in [1.54, 1.807) is 0 Å². The maximum absolute atomic E-state index is 5.86. The van der Waals surface area contributed by atoms with Gasteiger partial charge in [-0.05, 0) is 5.70 Å². The first-order valence-corrected chi connectivity index (χ1v) is 6.23. The number of hydrogen-bond donors (Lipinski definition) is 0. The van der Waals surface area contributed by atoms with E-state index in [4.69, 9.17) is 11.6 Å². The van der Waals surface area contributed by atoms with Gasteiger partial charge in [-0.3, -0.25) is 0 Å². The first-order chi connectivity index (χ1) is 7.59. The molecule has 0 atom stereocenters. The first kappa shape index (κ1) is 15.4. The van der Waals surface area contributed by atoms with Crippen LogP contribution in [0.4, 0.5) is 0 Å². The summed E-state index contributed by atoms with van der Waals surface area (Å²) in [5, 5.41) is 0.742. The van der Waals surface area contributed by atoms with E-state index in [2.05, 4.69) is 35.2 Å². The second-order valence-corrected chi connectivity index (χ2v) is 5.10. The minimum absolute atomic E-state index is 0. The molecule has 0 spiro atoms. The molecule has 2 rings (SSSR count). The maximum Gasteiger partial charge on any atom is 0.0385 e. The van der Waals surface area contributed by atoms with Gasteiger partial charge in [0.25, 0.3) is 0 Å². The van der Waals surface area contributed by atoms with Gasteiger partial charge in [0.05, 0.1) is 0 Å². The van der Waals surface area contributed by atoms with Gasteiger partial charge in [0.1, 0.15) is 0 Å². The Bertz CT molecular complexity index is 491. The summed E-state index contributed by atoms with van der Waals surface area (Å²) >= 11 is 8.12. The van der Waals surface area contributed by atoms with Crippen LogP contribution in [0.1, 0.15) is 5.56 Å². The van der Waals surface area contributed by atoms with E-state index in [9.17, 15) is 0 Å². The van der Waals surface area contributed by atoms with Crippen molar-refractivity contribution in [2.45, 2.75) is 0 Å². The first-order valence-electron chi connectivity index (χ1n) is 4.77. The van der Waals surface area contributed by atoms with Crippen molar-refractivity contribution in [3.63, 3.8) is 0 Å². The molecule has 4 heteroatoms. The van der Waals surface area contributed by atoms with E-state index in [1.807, 2.05) is 42.3 Å². The second-order valence-electron chi connectivity index (χ2n) is 3.50. The molecular formula is C13H10ClINY-. The van der Waals surface area contributed by atoms with Gasteiger partial charge in [0.2, 0.25) is 0 Å². The normalized spacial score (nSPS) is 15.0. The van der Waals surface area contributed by atoms with Crippen LogP contribution in [0.3, 0.4) is 0 Å². The van der Waals surface area contributed by atoms with Gasteiger partial charge in [-0.25, -0.2) is 0 Å². The molecule has 1 aromatic rings. The van der Waals surface area contributed by atoms with Gasteiger partial charge >= 0.3 is 0 Å². The number of hydrogen-bond acceptors (Lipinski definition) is 1. The predicted molar refractivity (Wildman–Crippen MR) is 77.1 cm³/mol. The molecule has 0 saturated carbocycles. The summed E-state index contributed by atoms with van der Waals surface area (Å²) in [7, 11) is 1.99. The third kappa shape index (κ3) is 3.43. The molecule has 1 radical (unpaired) electrons. The van der Waals surface area contributed by atoms with Gasteiger partial charge in [-0.1, -0.05) is 45.2 Å². The Kier molecular flexibility index (Phi) is 5.90. The number of benzene rings is 1. The molecule has 0 amide bonds. The third-order valence-corrected chi connectivity index (χ3v) is 3.66. The van der Waals surface area contributed by atoms with E-state index >= 15 is 0 Å². The number of halogens is 2. The number of rotatable bonds is 1. The van der Waals surface area contributed by atoms with Crippen LogP contribution in [-0.2, 0) is 32.7 Å². The molecule has 0 saturated heterocycles. The van der Waals surface area contributed by atoms with Crippen LogP contribution >= 0.6 is 34.2 Å². The zero-order chi connectivity index (χ0) is 11.7. The fraction of sp³-hybridized carbons (Fsp3) is 0.0769. The molecule has 1 aromatic carbocycles. The van der Waals surface area contributed by atoms with Gasteiger partial charge in [-0.15, -0.1) is 34.7 Å². The van der Waals surface area contributed by atoms with Crippen LogP contribution in [-0.4, -0.2) is 11.9 Å². The fourth-order valence-corrected chi connectivity index (χ4v) is 2.14. The average molecular weight is 431 g/mol. The van der Waals surface area contributed by atoms with E-state index < -0.39 is 0 Å². The van der Waals surface area contributed by atoms with E-state index in [-0.39, 0.29) is 32.7 Å². The zero-order valence-corrected chi connectivity index (χ0v) is 15.1. The molecular weight excluding hydrogens is 421 g/mol. The topological polar surface area (TPSA) is 3.24 Å². The SMILES string of the molecule is C=C1C(I)=C[C-]=C(c2ccc(Cl)cc2)N1C.[Y]. The molecule has 0 bridgehead atoms. The number of likely N-dealkylation sites (N-methyl/N-ethyl adjacent to an activating group) is 1. The zero-order valence-electron chi connectivity index (χ0n) is 9.37. The van der Waals surface area contributed by atoms with E-state index in [0.29, 0.717) is 0 Å². The molecule has 17 heavy (non-hydrogen) atoms. The van der Waals surface area contributed by atoms with Crippen molar-refractivity contribution in [3.05, 3.63) is 62.9 Å². The molecule has 1 aliphatic rings. The molecule has 0 aliphatic carbocycles. The molecule has 0 fully saturated rings. The fourth-order valence-electron chi connectivity index (χ4n) is 1.49.